The summed E-state index contributed by atoms with van der Waals surface area (Å²) in [6, 6.07) is 14.8. The van der Waals surface area contributed by atoms with E-state index in [1.165, 1.54) is 4.90 Å². The number of carboxylic acids is 1. The molecule has 33 heavy (non-hydrogen) atoms. The molecule has 2 atom stereocenters. The number of hydrogen-bond donors (Lipinski definition) is 2. The second kappa shape index (κ2) is 10.0. The maximum absolute atomic E-state index is 13.8. The number of carbonyl (C=O) groups excluding carboxylic acids is 2. The van der Waals surface area contributed by atoms with E-state index in [-0.39, 0.29) is 31.9 Å². The summed E-state index contributed by atoms with van der Waals surface area (Å²) >= 11 is 0. The van der Waals surface area contributed by atoms with E-state index in [0.29, 0.717) is 19.4 Å². The molecule has 174 valence electrons. The fraction of sp³-hybridized carbons (Fsp3) is 0.400. The van der Waals surface area contributed by atoms with Crippen LogP contribution in [0.15, 0.2) is 48.5 Å². The molecule has 2 N–H and O–H groups in total. The molecule has 0 radical (unpaired) electrons. The highest BCUT2D eigenvalue weighted by Gasteiger charge is 2.32. The van der Waals surface area contributed by atoms with Crippen LogP contribution < -0.4 is 5.32 Å². The number of amides is 2. The lowest BCUT2D eigenvalue weighted by atomic mass is 9.98. The van der Waals surface area contributed by atoms with Crippen molar-refractivity contribution in [3.8, 4) is 11.1 Å². The van der Waals surface area contributed by atoms with E-state index in [1.54, 1.807) is 0 Å². The third kappa shape index (κ3) is 5.16. The number of carbonyl (C=O) groups is 3. The zero-order chi connectivity index (χ0) is 23.4. The molecule has 2 aromatic carbocycles. The SMILES string of the molecule is O=C(O)CCC(NC(=O)OCC1c2ccccc2-c2ccccc21)C(=O)N1CCCC(F)C1. The molecule has 0 aromatic heterocycles. The average molecular weight is 454 g/mol. The summed E-state index contributed by atoms with van der Waals surface area (Å²) in [5.41, 5.74) is 4.32. The van der Waals surface area contributed by atoms with E-state index < -0.39 is 30.2 Å². The van der Waals surface area contributed by atoms with Crippen molar-refractivity contribution in [3.05, 3.63) is 59.7 Å². The second-order valence-electron chi connectivity index (χ2n) is 8.48. The topological polar surface area (TPSA) is 95.9 Å². The Labute approximate surface area is 191 Å². The molecule has 8 heteroatoms. The first-order chi connectivity index (χ1) is 15.9. The van der Waals surface area contributed by atoms with Crippen LogP contribution in [0.4, 0.5) is 9.18 Å². The number of hydrogen-bond acceptors (Lipinski definition) is 4. The van der Waals surface area contributed by atoms with Crippen molar-refractivity contribution < 1.29 is 28.6 Å². The van der Waals surface area contributed by atoms with E-state index in [0.717, 1.165) is 22.3 Å². The lowest BCUT2D eigenvalue weighted by Gasteiger charge is -2.32. The highest BCUT2D eigenvalue weighted by Crippen LogP contribution is 2.44. The number of rotatable bonds is 7. The molecule has 1 aliphatic heterocycles. The summed E-state index contributed by atoms with van der Waals surface area (Å²) in [5, 5.41) is 11.6. The van der Waals surface area contributed by atoms with Gasteiger partial charge >= 0.3 is 12.1 Å². The van der Waals surface area contributed by atoms with Gasteiger partial charge in [0, 0.05) is 18.9 Å². The van der Waals surface area contributed by atoms with Crippen molar-refractivity contribution in [2.75, 3.05) is 19.7 Å². The molecule has 0 saturated carbocycles. The Morgan fingerprint density at radius 3 is 2.33 bits per heavy atom. The molecular formula is C25H27FN2O5. The molecule has 4 rings (SSSR count). The normalized spacial score (nSPS) is 18.2. The molecular weight excluding hydrogens is 427 g/mol. The Bertz CT molecular complexity index is 997. The Morgan fingerprint density at radius 2 is 1.73 bits per heavy atom. The van der Waals surface area contributed by atoms with Gasteiger partial charge in [-0.2, -0.15) is 0 Å². The lowest BCUT2D eigenvalue weighted by molar-refractivity contribution is -0.138. The zero-order valence-electron chi connectivity index (χ0n) is 18.2. The minimum Gasteiger partial charge on any atom is -0.481 e. The number of alkyl carbamates (subject to hydrolysis) is 1. The number of benzene rings is 2. The van der Waals surface area contributed by atoms with Gasteiger partial charge in [-0.3, -0.25) is 9.59 Å². The van der Waals surface area contributed by atoms with Crippen molar-refractivity contribution in [2.24, 2.45) is 0 Å². The minimum absolute atomic E-state index is 0.0469. The number of fused-ring (bicyclic) bond motifs is 3. The van der Waals surface area contributed by atoms with Crippen molar-refractivity contribution in [3.63, 3.8) is 0 Å². The molecule has 1 fully saturated rings. The van der Waals surface area contributed by atoms with Gasteiger partial charge in [0.15, 0.2) is 0 Å². The van der Waals surface area contributed by atoms with E-state index in [1.807, 2.05) is 48.5 Å². The van der Waals surface area contributed by atoms with Gasteiger partial charge in [0.05, 0.1) is 6.54 Å². The van der Waals surface area contributed by atoms with E-state index in [2.05, 4.69) is 5.32 Å². The van der Waals surface area contributed by atoms with Gasteiger partial charge in [0.1, 0.15) is 18.8 Å². The monoisotopic (exact) mass is 454 g/mol. The molecule has 0 bridgehead atoms. The van der Waals surface area contributed by atoms with Crippen LogP contribution in [0.2, 0.25) is 0 Å². The fourth-order valence-electron chi connectivity index (χ4n) is 4.65. The maximum atomic E-state index is 13.8. The van der Waals surface area contributed by atoms with E-state index in [9.17, 15) is 18.8 Å². The van der Waals surface area contributed by atoms with Gasteiger partial charge in [-0.15, -0.1) is 0 Å². The van der Waals surface area contributed by atoms with Gasteiger partial charge in [-0.25, -0.2) is 9.18 Å². The number of carboxylic acid groups (broad SMARTS) is 1. The number of ether oxygens (including phenoxy) is 1. The van der Waals surface area contributed by atoms with Crippen LogP contribution in [0, 0.1) is 0 Å². The molecule has 2 aliphatic rings. The van der Waals surface area contributed by atoms with Gasteiger partial charge in [0.2, 0.25) is 5.91 Å². The fourth-order valence-corrected chi connectivity index (χ4v) is 4.65. The van der Waals surface area contributed by atoms with E-state index in [4.69, 9.17) is 9.84 Å². The average Bonchev–Trinajstić information content (AvgIpc) is 3.13. The molecule has 0 spiro atoms. The number of likely N-dealkylation sites (tertiary alicyclic amines) is 1. The zero-order valence-corrected chi connectivity index (χ0v) is 18.2. The second-order valence-corrected chi connectivity index (χ2v) is 8.48. The quantitative estimate of drug-likeness (QED) is 0.665. The van der Waals surface area contributed by atoms with Gasteiger partial charge < -0.3 is 20.1 Å². The van der Waals surface area contributed by atoms with Crippen LogP contribution in [0.5, 0.6) is 0 Å². The maximum Gasteiger partial charge on any atom is 0.407 e. The number of alkyl halides is 1. The summed E-state index contributed by atoms with van der Waals surface area (Å²) in [5.74, 6) is -1.69. The van der Waals surface area contributed by atoms with Crippen LogP contribution in [-0.4, -0.2) is 59.9 Å². The smallest absolute Gasteiger partial charge is 0.407 e. The first-order valence-electron chi connectivity index (χ1n) is 11.2. The van der Waals surface area contributed by atoms with Crippen LogP contribution in [0.25, 0.3) is 11.1 Å². The van der Waals surface area contributed by atoms with Gasteiger partial charge in [0.25, 0.3) is 0 Å². The van der Waals surface area contributed by atoms with Gasteiger partial charge in [-0.05, 0) is 41.5 Å². The number of halogens is 1. The summed E-state index contributed by atoms with van der Waals surface area (Å²) in [7, 11) is 0. The van der Waals surface area contributed by atoms with Crippen molar-refractivity contribution >= 4 is 18.0 Å². The third-order valence-electron chi connectivity index (χ3n) is 6.26. The van der Waals surface area contributed by atoms with Crippen LogP contribution in [0.1, 0.15) is 42.7 Å². The lowest BCUT2D eigenvalue weighted by Crippen LogP contribution is -2.52. The molecule has 1 aliphatic carbocycles. The molecule has 1 saturated heterocycles. The third-order valence-corrected chi connectivity index (χ3v) is 6.26. The highest BCUT2D eigenvalue weighted by molar-refractivity contribution is 5.86. The van der Waals surface area contributed by atoms with Crippen LogP contribution in [-0.2, 0) is 14.3 Å². The summed E-state index contributed by atoms with van der Waals surface area (Å²) in [4.78, 5) is 37.9. The number of nitrogens with zero attached hydrogens (tertiary/aromatic N) is 1. The van der Waals surface area contributed by atoms with Crippen molar-refractivity contribution in [2.45, 2.75) is 43.8 Å². The number of piperidine rings is 1. The molecule has 2 unspecified atom stereocenters. The summed E-state index contributed by atoms with van der Waals surface area (Å²) in [6.07, 6.45) is -1.38. The van der Waals surface area contributed by atoms with Gasteiger partial charge in [-0.1, -0.05) is 48.5 Å². The van der Waals surface area contributed by atoms with Crippen molar-refractivity contribution in [1.29, 1.82) is 0 Å². The summed E-state index contributed by atoms with van der Waals surface area (Å²) < 4.78 is 19.3. The molecule has 2 aromatic rings. The highest BCUT2D eigenvalue weighted by atomic mass is 19.1. The minimum atomic E-state index is -1.11. The standard InChI is InChI=1S/C25H27FN2O5/c26-16-6-5-13-28(14-16)24(31)22(11-12-23(29)30)27-25(32)33-15-21-19-9-3-1-7-17(19)18-8-2-4-10-20(18)21/h1-4,7-10,16,21-22H,5-6,11-15H2,(H,27,32)(H,29,30). The van der Waals surface area contributed by atoms with Crippen LogP contribution >= 0.6 is 0 Å². The number of nitrogens with one attached hydrogen (secondary N) is 1. The Morgan fingerprint density at radius 1 is 1.09 bits per heavy atom. The molecule has 2 amide bonds. The molecule has 7 nitrogen and oxygen atoms in total. The van der Waals surface area contributed by atoms with Crippen molar-refractivity contribution in [1.82, 2.24) is 10.2 Å². The Hall–Kier alpha value is -3.42. The number of aliphatic carboxylic acids is 1. The predicted molar refractivity (Wildman–Crippen MR) is 120 cm³/mol. The van der Waals surface area contributed by atoms with Crippen LogP contribution in [0.3, 0.4) is 0 Å². The largest absolute Gasteiger partial charge is 0.481 e. The summed E-state index contributed by atoms with van der Waals surface area (Å²) in [6.45, 7) is 0.417. The molecule has 1 heterocycles. The predicted octanol–water partition coefficient (Wildman–Crippen LogP) is 3.72. The first kappa shape index (κ1) is 22.8. The Kier molecular flexibility index (Phi) is 6.91. The first-order valence-corrected chi connectivity index (χ1v) is 11.2. The Balaban J connectivity index is 1.42. The van der Waals surface area contributed by atoms with E-state index >= 15 is 0 Å².